The maximum Gasteiger partial charge on any atom is 0.226 e. The highest BCUT2D eigenvalue weighted by atomic mass is 32.1. The average molecular weight is 419 g/mol. The minimum absolute atomic E-state index is 0.0769. The van der Waals surface area contributed by atoms with Gasteiger partial charge in [0.25, 0.3) is 0 Å². The number of anilines is 2. The predicted molar refractivity (Wildman–Crippen MR) is 122 cm³/mol. The molecule has 2 aromatic heterocycles. The van der Waals surface area contributed by atoms with Gasteiger partial charge in [-0.25, -0.2) is 9.97 Å². The number of ether oxygens (including phenoxy) is 1. The molecule has 0 unspecified atom stereocenters. The van der Waals surface area contributed by atoms with Crippen molar-refractivity contribution in [2.75, 3.05) is 30.9 Å². The predicted octanol–water partition coefficient (Wildman–Crippen LogP) is 4.83. The van der Waals surface area contributed by atoms with Crippen molar-refractivity contribution in [3.63, 3.8) is 0 Å². The fourth-order valence-corrected chi connectivity index (χ4v) is 4.23. The van der Waals surface area contributed by atoms with E-state index in [4.69, 9.17) is 4.74 Å². The first kappa shape index (κ1) is 19.8. The molecule has 0 aliphatic carbocycles. The van der Waals surface area contributed by atoms with Gasteiger partial charge in [0.2, 0.25) is 5.91 Å². The van der Waals surface area contributed by atoms with E-state index in [2.05, 4.69) is 33.5 Å². The zero-order valence-electron chi connectivity index (χ0n) is 16.8. The van der Waals surface area contributed by atoms with E-state index in [0.717, 1.165) is 26.5 Å². The Balaban J connectivity index is 1.47. The molecule has 0 spiro atoms. The van der Waals surface area contributed by atoms with Crippen LogP contribution in [0.2, 0.25) is 0 Å². The average Bonchev–Trinajstić information content (AvgIpc) is 3.23. The molecule has 2 heterocycles. The van der Waals surface area contributed by atoms with Crippen molar-refractivity contribution in [1.82, 2.24) is 9.97 Å². The lowest BCUT2D eigenvalue weighted by Crippen LogP contribution is -2.25. The number of carbonyl (C=O) groups excluding carboxylic acids is 1. The topological polar surface area (TPSA) is 67.3 Å². The molecule has 2 aromatic carbocycles. The van der Waals surface area contributed by atoms with Gasteiger partial charge in [-0.15, -0.1) is 11.3 Å². The maximum absolute atomic E-state index is 12.4. The molecule has 0 aliphatic heterocycles. The molecule has 1 amide bonds. The van der Waals surface area contributed by atoms with Crippen LogP contribution in [0.25, 0.3) is 20.7 Å². The monoisotopic (exact) mass is 418 g/mol. The number of aromatic nitrogens is 2. The van der Waals surface area contributed by atoms with Crippen molar-refractivity contribution >= 4 is 39.0 Å². The van der Waals surface area contributed by atoms with Crippen molar-refractivity contribution in [2.24, 2.45) is 0 Å². The first-order valence-corrected chi connectivity index (χ1v) is 10.4. The summed E-state index contributed by atoms with van der Waals surface area (Å²) in [6.45, 7) is 0.531. The van der Waals surface area contributed by atoms with E-state index in [9.17, 15) is 4.79 Å². The van der Waals surface area contributed by atoms with Gasteiger partial charge in [0, 0.05) is 24.9 Å². The van der Waals surface area contributed by atoms with E-state index in [1.165, 1.54) is 0 Å². The molecule has 0 saturated carbocycles. The number of carbonyl (C=O) groups is 1. The Morgan fingerprint density at radius 3 is 2.67 bits per heavy atom. The minimum Gasteiger partial charge on any atom is -0.495 e. The number of para-hydroxylation sites is 2. The van der Waals surface area contributed by atoms with Crippen molar-refractivity contribution in [1.29, 1.82) is 0 Å². The smallest absolute Gasteiger partial charge is 0.226 e. The quantitative estimate of drug-likeness (QED) is 0.466. The van der Waals surface area contributed by atoms with E-state index in [-0.39, 0.29) is 5.91 Å². The summed E-state index contributed by atoms with van der Waals surface area (Å²) in [6, 6.07) is 19.7. The Morgan fingerprint density at radius 2 is 1.87 bits per heavy atom. The Labute approximate surface area is 179 Å². The molecule has 0 saturated heterocycles. The van der Waals surface area contributed by atoms with Crippen LogP contribution in [0.1, 0.15) is 6.42 Å². The Hall–Kier alpha value is -3.45. The van der Waals surface area contributed by atoms with Crippen LogP contribution in [0.15, 0.2) is 67.0 Å². The Bertz CT molecular complexity index is 1160. The number of nitrogens with zero attached hydrogens (tertiary/aromatic N) is 3. The molecule has 30 heavy (non-hydrogen) atoms. The number of amides is 1. The molecule has 0 atom stereocenters. The Morgan fingerprint density at radius 1 is 1.10 bits per heavy atom. The zero-order valence-corrected chi connectivity index (χ0v) is 17.6. The third kappa shape index (κ3) is 4.26. The van der Waals surface area contributed by atoms with Gasteiger partial charge in [-0.05, 0) is 23.8 Å². The highest BCUT2D eigenvalue weighted by Crippen LogP contribution is 2.35. The van der Waals surface area contributed by atoms with Crippen LogP contribution in [0.3, 0.4) is 0 Å². The van der Waals surface area contributed by atoms with Crippen molar-refractivity contribution < 1.29 is 9.53 Å². The summed E-state index contributed by atoms with van der Waals surface area (Å²) in [5.74, 6) is 1.39. The number of nitrogens with one attached hydrogen (secondary N) is 1. The fourth-order valence-electron chi connectivity index (χ4n) is 3.23. The van der Waals surface area contributed by atoms with Crippen LogP contribution in [-0.2, 0) is 4.79 Å². The van der Waals surface area contributed by atoms with Crippen molar-refractivity contribution in [3.05, 3.63) is 67.0 Å². The molecule has 0 radical (unpaired) electrons. The third-order valence-corrected chi connectivity index (χ3v) is 5.88. The maximum atomic E-state index is 12.4. The summed E-state index contributed by atoms with van der Waals surface area (Å²) in [4.78, 5) is 25.4. The standard InChI is InChI=1S/C23H22N4O2S/c1-27(13-12-21(28)26-18-10-6-7-11-19(18)29-2)22-17-14-20(16-8-4-3-5-9-16)30-23(17)25-15-24-22/h3-11,14-15H,12-13H2,1-2H3,(H,26,28). The molecule has 0 aliphatic rings. The summed E-state index contributed by atoms with van der Waals surface area (Å²) in [7, 11) is 3.53. The molecule has 6 nitrogen and oxygen atoms in total. The number of rotatable bonds is 7. The molecule has 152 valence electrons. The number of hydrogen-bond acceptors (Lipinski definition) is 6. The SMILES string of the molecule is COc1ccccc1NC(=O)CCN(C)c1ncnc2sc(-c3ccccc3)cc12. The Kier molecular flexibility index (Phi) is 5.90. The molecule has 0 bridgehead atoms. The molecular weight excluding hydrogens is 396 g/mol. The van der Waals surface area contributed by atoms with E-state index in [0.29, 0.717) is 24.4 Å². The third-order valence-electron chi connectivity index (χ3n) is 4.78. The van der Waals surface area contributed by atoms with Crippen LogP contribution >= 0.6 is 11.3 Å². The summed E-state index contributed by atoms with van der Waals surface area (Å²) in [5, 5.41) is 3.90. The largest absolute Gasteiger partial charge is 0.495 e. The van der Waals surface area contributed by atoms with Crippen molar-refractivity contribution in [2.45, 2.75) is 6.42 Å². The van der Waals surface area contributed by atoms with Crippen LogP contribution in [0.5, 0.6) is 5.75 Å². The summed E-state index contributed by atoms with van der Waals surface area (Å²) in [5.41, 5.74) is 1.83. The van der Waals surface area contributed by atoms with Gasteiger partial charge >= 0.3 is 0 Å². The van der Waals surface area contributed by atoms with Gasteiger partial charge in [-0.1, -0.05) is 42.5 Å². The molecule has 4 aromatic rings. The number of hydrogen-bond donors (Lipinski definition) is 1. The lowest BCUT2D eigenvalue weighted by atomic mass is 10.2. The van der Waals surface area contributed by atoms with Gasteiger partial charge < -0.3 is 15.0 Å². The fraction of sp³-hybridized carbons (Fsp3) is 0.174. The van der Waals surface area contributed by atoms with Gasteiger partial charge in [0.15, 0.2) is 0 Å². The highest BCUT2D eigenvalue weighted by Gasteiger charge is 2.14. The number of benzene rings is 2. The molecule has 1 N–H and O–H groups in total. The van der Waals surface area contributed by atoms with E-state index in [1.54, 1.807) is 24.8 Å². The minimum atomic E-state index is -0.0769. The number of fused-ring (bicyclic) bond motifs is 1. The van der Waals surface area contributed by atoms with Gasteiger partial charge in [0.1, 0.15) is 22.7 Å². The van der Waals surface area contributed by atoms with Gasteiger partial charge in [0.05, 0.1) is 18.2 Å². The number of thiophene rings is 1. The lowest BCUT2D eigenvalue weighted by Gasteiger charge is -2.18. The second-order valence-corrected chi connectivity index (χ2v) is 7.84. The summed E-state index contributed by atoms with van der Waals surface area (Å²) >= 11 is 1.64. The van der Waals surface area contributed by atoms with Crippen LogP contribution in [0.4, 0.5) is 11.5 Å². The summed E-state index contributed by atoms with van der Waals surface area (Å²) in [6.07, 6.45) is 1.91. The molecule has 0 fully saturated rings. The van der Waals surface area contributed by atoms with Gasteiger partial charge in [-0.3, -0.25) is 4.79 Å². The van der Waals surface area contributed by atoms with Gasteiger partial charge in [-0.2, -0.15) is 0 Å². The van der Waals surface area contributed by atoms with E-state index < -0.39 is 0 Å². The second-order valence-electron chi connectivity index (χ2n) is 6.81. The normalized spacial score (nSPS) is 10.7. The second kappa shape index (κ2) is 8.92. The van der Waals surface area contributed by atoms with E-state index >= 15 is 0 Å². The zero-order chi connectivity index (χ0) is 20.9. The van der Waals surface area contributed by atoms with Crippen molar-refractivity contribution in [3.8, 4) is 16.2 Å². The lowest BCUT2D eigenvalue weighted by molar-refractivity contribution is -0.116. The van der Waals surface area contributed by atoms with Crippen LogP contribution in [-0.4, -0.2) is 36.6 Å². The summed E-state index contributed by atoms with van der Waals surface area (Å²) < 4.78 is 5.29. The molecule has 7 heteroatoms. The van der Waals surface area contributed by atoms with E-state index in [1.807, 2.05) is 54.4 Å². The van der Waals surface area contributed by atoms with Crippen LogP contribution < -0.4 is 15.0 Å². The molecule has 4 rings (SSSR count). The first-order valence-electron chi connectivity index (χ1n) is 9.59. The van der Waals surface area contributed by atoms with Crippen LogP contribution in [0, 0.1) is 0 Å². The molecular formula is C23H22N4O2S. The highest BCUT2D eigenvalue weighted by molar-refractivity contribution is 7.21. The number of methoxy groups -OCH3 is 1. The first-order chi connectivity index (χ1) is 14.7.